The molecule has 0 unspecified atom stereocenters. The zero-order valence-corrected chi connectivity index (χ0v) is 58.9. The highest BCUT2D eigenvalue weighted by Gasteiger charge is 2.61. The molecule has 620 valence electrons. The summed E-state index contributed by atoms with van der Waals surface area (Å²) in [7, 11) is -11.0. The van der Waals surface area contributed by atoms with Crippen molar-refractivity contribution in [3.05, 3.63) is 0 Å². The monoisotopic (exact) mass is 1610 g/mol. The van der Waals surface area contributed by atoms with E-state index in [0.717, 1.165) is 27.7 Å². The molecule has 8 aliphatic heterocycles. The third-order valence-electron chi connectivity index (χ3n) is 18.6. The maximum absolute atomic E-state index is 13.4. The van der Waals surface area contributed by atoms with Gasteiger partial charge < -0.3 is 184 Å². The molecule has 8 aliphatic rings. The molecule has 8 saturated heterocycles. The van der Waals surface area contributed by atoms with Crippen LogP contribution in [0.25, 0.3) is 0 Å². The van der Waals surface area contributed by atoms with Crippen LogP contribution in [0.3, 0.4) is 0 Å². The number of aliphatic hydroxyl groups excluding tert-OH is 18. The Morgan fingerprint density at radius 2 is 0.664 bits per heavy atom. The molecule has 8 fully saturated rings. The minimum Gasteiger partial charge on any atom is -0.394 e. The number of ether oxygens (including phenoxy) is 15. The lowest BCUT2D eigenvalue weighted by molar-refractivity contribution is -0.400. The van der Waals surface area contributed by atoms with Gasteiger partial charge in [-0.2, -0.15) is 16.8 Å². The average Bonchev–Trinajstić information content (AvgIpc) is 0.753. The van der Waals surface area contributed by atoms with E-state index in [4.69, 9.17) is 71.1 Å². The number of hydrogen-bond donors (Lipinski definition) is 24. The first-order valence-electron chi connectivity index (χ1n) is 33.1. The van der Waals surface area contributed by atoms with Crippen LogP contribution in [0.1, 0.15) is 41.5 Å². The second-order valence-electron chi connectivity index (χ2n) is 26.4. The number of nitrogens with one attached hydrogen (secondary N) is 4. The maximum atomic E-state index is 13.4. The fourth-order valence-electron chi connectivity index (χ4n) is 13.2. The van der Waals surface area contributed by atoms with Gasteiger partial charge in [0, 0.05) is 27.7 Å². The zero-order chi connectivity index (χ0) is 79.5. The Balaban J connectivity index is 1.14. The molecule has 8 heterocycles. The lowest BCUT2D eigenvalue weighted by Crippen LogP contribution is -2.72. The minimum absolute atomic E-state index is 0.885. The third-order valence-corrected chi connectivity index (χ3v) is 19.5. The van der Waals surface area contributed by atoms with Crippen molar-refractivity contribution in [2.24, 2.45) is 0 Å². The van der Waals surface area contributed by atoms with Crippen LogP contribution in [0.5, 0.6) is 0 Å². The largest absolute Gasteiger partial charge is 0.397 e. The first-order valence-corrected chi connectivity index (χ1v) is 35.9. The minimum atomic E-state index is -5.52. The lowest BCUT2D eigenvalue weighted by atomic mass is 9.93. The van der Waals surface area contributed by atoms with Gasteiger partial charge in [-0.15, -0.1) is 0 Å². The number of rotatable bonds is 28. The standard InChI is InChI=1S/C56H94N4O45S2/c1-13-29(69)37(77)39(79)53(91-13)101-45-28(60-18(6)68)51(94-20(8-62)32(45)72)100-44-27(59-17(5)67)52(95-19(7-61)31(44)71)103-47-34(74)22(10-64)97-56(48(47)104-54-40(80)38(78)30(70)14(2)92-54)102-43-26(58-16(4)66)49(82)93-23(35(43)75)11-89-50-25(57-15(3)65)36(76)42(24(98-50)12-90-106(83,84)85)99-55-41(81)46(105-107(86,87)88)33(73)21(9-63)96-55/h13-14,19-56,61-64,69-82H,7-12H2,1-6H3,(H,57,65)(H,58,66)(H,59,67)(H,60,68)(H,83,84,85)(H,86,87,88)/t13-,14-,19+,20+,21+,22+,23+,24+,25+,26+,27+,28+,29+,30+,31-,32+,33-,34-,35-,36+,37+,38+,39-,40-,41+,42+,43+,44+,45+,46-,47-,48+,49-,50+,51+,52+,53-,54-,55-,56-/m0/s1. The number of amides is 4. The van der Waals surface area contributed by atoms with Gasteiger partial charge in [-0.05, 0) is 13.8 Å². The summed E-state index contributed by atoms with van der Waals surface area (Å²) in [6.45, 7) is -1.01. The molecule has 8 rings (SSSR count). The maximum Gasteiger partial charge on any atom is 0.397 e. The normalized spacial score (nSPS) is 46.6. The summed E-state index contributed by atoms with van der Waals surface area (Å²) in [4.78, 5) is 52.2. The zero-order valence-electron chi connectivity index (χ0n) is 57.3. The van der Waals surface area contributed by atoms with Crippen LogP contribution in [0.15, 0.2) is 0 Å². The highest BCUT2D eigenvalue weighted by Crippen LogP contribution is 2.40. The third kappa shape index (κ3) is 21.2. The molecule has 0 aromatic rings. The molecule has 0 spiro atoms. The summed E-state index contributed by atoms with van der Waals surface area (Å²) in [6, 6.07) is -7.83. The van der Waals surface area contributed by atoms with Gasteiger partial charge >= 0.3 is 20.8 Å². The predicted octanol–water partition coefficient (Wildman–Crippen LogP) is -16.2. The summed E-state index contributed by atoms with van der Waals surface area (Å²) in [5.41, 5.74) is 0. The van der Waals surface area contributed by atoms with Crippen LogP contribution < -0.4 is 21.3 Å². The molecule has 51 heteroatoms. The van der Waals surface area contributed by atoms with Gasteiger partial charge in [0.05, 0.1) is 51.8 Å². The highest BCUT2D eigenvalue weighted by atomic mass is 32.3. The molecule has 0 aromatic carbocycles. The Morgan fingerprint density at radius 1 is 0.318 bits per heavy atom. The molecule has 4 amide bonds. The summed E-state index contributed by atoms with van der Waals surface area (Å²) in [5.74, 6) is -3.89. The highest BCUT2D eigenvalue weighted by molar-refractivity contribution is 7.81. The van der Waals surface area contributed by atoms with Crippen LogP contribution >= 0.6 is 0 Å². The Bertz CT molecular complexity index is 3150. The van der Waals surface area contributed by atoms with Gasteiger partial charge in [-0.25, -0.2) is 8.37 Å². The van der Waals surface area contributed by atoms with Crippen molar-refractivity contribution in [1.82, 2.24) is 21.3 Å². The van der Waals surface area contributed by atoms with Crippen LogP contribution in [-0.2, 0) is 119 Å². The van der Waals surface area contributed by atoms with Crippen LogP contribution in [0, 0.1) is 0 Å². The number of aliphatic hydroxyl groups is 18. The Kier molecular flexibility index (Phi) is 31.1. The topological polar surface area (TPSA) is 746 Å². The fraction of sp³-hybridized carbons (Fsp3) is 0.929. The van der Waals surface area contributed by atoms with Crippen molar-refractivity contribution in [3.8, 4) is 0 Å². The number of hydrogen-bond acceptors (Lipinski definition) is 43. The number of carbonyl (C=O) groups is 4. The first-order chi connectivity index (χ1) is 50.0. The molecule has 49 nitrogen and oxygen atoms in total. The van der Waals surface area contributed by atoms with E-state index < -0.39 is 329 Å². The summed E-state index contributed by atoms with van der Waals surface area (Å²) in [6.07, 6.45) is -75.4. The van der Waals surface area contributed by atoms with Gasteiger partial charge in [-0.1, -0.05) is 0 Å². The van der Waals surface area contributed by atoms with E-state index in [0.29, 0.717) is 0 Å². The van der Waals surface area contributed by atoms with Gasteiger partial charge in [0.1, 0.15) is 183 Å². The second-order valence-corrected chi connectivity index (χ2v) is 28.5. The van der Waals surface area contributed by atoms with E-state index in [9.17, 15) is 137 Å². The van der Waals surface area contributed by atoms with Crippen LogP contribution in [0.4, 0.5) is 0 Å². The predicted molar refractivity (Wildman–Crippen MR) is 329 cm³/mol. The van der Waals surface area contributed by atoms with E-state index in [1.54, 1.807) is 0 Å². The fourth-order valence-corrected chi connectivity index (χ4v) is 14.1. The summed E-state index contributed by atoms with van der Waals surface area (Å²) < 4.78 is 165. The van der Waals surface area contributed by atoms with Crippen molar-refractivity contribution < 1.29 is 216 Å². The molecule has 0 radical (unpaired) electrons. The van der Waals surface area contributed by atoms with Crippen molar-refractivity contribution in [2.75, 3.05) is 39.6 Å². The van der Waals surface area contributed by atoms with Gasteiger partial charge in [0.2, 0.25) is 23.6 Å². The van der Waals surface area contributed by atoms with Gasteiger partial charge in [0.25, 0.3) is 0 Å². The number of carbonyl (C=O) groups excluding carboxylic acids is 4. The van der Waals surface area contributed by atoms with Crippen molar-refractivity contribution in [2.45, 2.75) is 287 Å². The van der Waals surface area contributed by atoms with Gasteiger partial charge in [-0.3, -0.25) is 28.3 Å². The molecular weight excluding hydrogens is 1510 g/mol. The average molecular weight is 1610 g/mol. The molecular formula is C56H94N4O45S2. The lowest BCUT2D eigenvalue weighted by Gasteiger charge is -2.52. The first kappa shape index (κ1) is 88.9. The summed E-state index contributed by atoms with van der Waals surface area (Å²) in [5, 5.41) is 211. The molecule has 40 atom stereocenters. The smallest absolute Gasteiger partial charge is 0.394 e. The molecule has 0 aliphatic carbocycles. The van der Waals surface area contributed by atoms with Crippen molar-refractivity contribution in [3.63, 3.8) is 0 Å². The Labute approximate surface area is 607 Å². The molecule has 24 N–H and O–H groups in total. The molecule has 0 aromatic heterocycles. The van der Waals surface area contributed by atoms with E-state index in [-0.39, 0.29) is 0 Å². The second kappa shape index (κ2) is 37.5. The summed E-state index contributed by atoms with van der Waals surface area (Å²) >= 11 is 0. The Morgan fingerprint density at radius 3 is 1.11 bits per heavy atom. The molecule has 107 heavy (non-hydrogen) atoms. The van der Waals surface area contributed by atoms with Crippen LogP contribution in [-0.4, -0.2) is 427 Å². The van der Waals surface area contributed by atoms with E-state index >= 15 is 0 Å². The Hall–Kier alpha value is -3.70. The molecule has 0 saturated carbocycles. The van der Waals surface area contributed by atoms with E-state index in [2.05, 4.69) is 29.6 Å². The van der Waals surface area contributed by atoms with Crippen LogP contribution in [0.2, 0.25) is 0 Å². The SMILES string of the molecule is CC(=O)N[C@@H]1[C@@H](O[C@@H]2O[C@H](CO)[C@H](O)[C@H](O[C@H]3O[C@H](CO)[C@H](O)[C@H](O[C@H]4O[C@H](CO)[C@@H](O)[C@H](O[C@@H]5O[C@@H](C)[C@@H](O)[C@@H](O)[C@@H]5O)[C@H]4NC(C)=O)[C@H]3NC(C)=O)[C@H]2O[C@@H]2O[C@@H](C)[C@@H](O)[C@@H](O)[C@@H]2O)[C@@H](O)[C@@H](CO[C@@H]2O[C@H](COS(=O)(=O)O)[C@@H](O[C@@H]3O[C@H](CO)[C@H](O)[C@H](OS(=O)(=O)O)[C@H]3O)[C@H](O)[C@H]2NC(C)=O)O[C@@H]1O. The van der Waals surface area contributed by atoms with E-state index in [1.165, 1.54) is 13.8 Å². The molecule has 0 bridgehead atoms. The van der Waals surface area contributed by atoms with Gasteiger partial charge in [0.15, 0.2) is 50.3 Å². The van der Waals surface area contributed by atoms with Crippen molar-refractivity contribution >= 4 is 44.4 Å². The van der Waals surface area contributed by atoms with Crippen molar-refractivity contribution in [1.29, 1.82) is 0 Å². The van der Waals surface area contributed by atoms with E-state index in [1.807, 2.05) is 0 Å². The quantitative estimate of drug-likeness (QED) is 0.0324.